The smallest absolute Gasteiger partial charge is 0.261 e. The quantitative estimate of drug-likeness (QED) is 0.162. The molecule has 3 N–H and O–H groups in total. The first-order valence-corrected chi connectivity index (χ1v) is 14.6. The molecule has 1 aliphatic rings. The lowest BCUT2D eigenvalue weighted by molar-refractivity contribution is 0.0115. The number of nitrogens with one attached hydrogen (secondary N) is 2. The Morgan fingerprint density at radius 2 is 1.88 bits per heavy atom. The molecule has 1 atom stereocenters. The van der Waals surface area contributed by atoms with Gasteiger partial charge in [-0.15, -0.1) is 0 Å². The zero-order valence-corrected chi connectivity index (χ0v) is 25.3. The molecule has 1 aliphatic heterocycles. The second kappa shape index (κ2) is 12.0. The first-order valence-electron chi connectivity index (χ1n) is 14.6. The van der Waals surface area contributed by atoms with Gasteiger partial charge in [0, 0.05) is 29.5 Å². The Hall–Kier alpha value is -4.50. The summed E-state index contributed by atoms with van der Waals surface area (Å²) in [5.41, 5.74) is 5.49. The topological polar surface area (TPSA) is 117 Å². The molecule has 1 aromatic heterocycles. The number of fused-ring (bicyclic) bond motifs is 1. The number of hydrogen-bond acceptors (Lipinski definition) is 6. The molecule has 9 heteroatoms. The summed E-state index contributed by atoms with van der Waals surface area (Å²) in [5, 5.41) is 21.7. The van der Waals surface area contributed by atoms with Gasteiger partial charge >= 0.3 is 0 Å². The Bertz CT molecular complexity index is 1760. The number of nitrogens with zero attached hydrogens (tertiary/aromatic N) is 2. The van der Waals surface area contributed by atoms with E-state index in [1.54, 1.807) is 4.57 Å². The second-order valence-corrected chi connectivity index (χ2v) is 11.8. The van der Waals surface area contributed by atoms with Gasteiger partial charge in [-0.2, -0.15) is 0 Å². The summed E-state index contributed by atoms with van der Waals surface area (Å²) in [5.74, 6) is 0.979. The van der Waals surface area contributed by atoms with Gasteiger partial charge in [0.05, 0.1) is 17.5 Å². The Morgan fingerprint density at radius 1 is 1.16 bits per heavy atom. The van der Waals surface area contributed by atoms with Crippen molar-refractivity contribution in [3.05, 3.63) is 111 Å². The molecule has 0 aliphatic carbocycles. The molecule has 0 saturated heterocycles. The average molecular weight is 577 g/mol. The number of aryl methyl sites for hydroxylation is 2. The molecule has 1 amide bonds. The van der Waals surface area contributed by atoms with Crippen LogP contribution in [-0.2, 0) is 12.8 Å². The molecule has 1 unspecified atom stereocenters. The summed E-state index contributed by atoms with van der Waals surface area (Å²) < 4.78 is 7.70. The van der Waals surface area contributed by atoms with Gasteiger partial charge in [0.2, 0.25) is 7.85 Å². The van der Waals surface area contributed by atoms with Gasteiger partial charge in [-0.1, -0.05) is 61.9 Å². The third-order valence-corrected chi connectivity index (χ3v) is 7.74. The van der Waals surface area contributed by atoms with Crippen molar-refractivity contribution in [1.82, 2.24) is 14.9 Å². The molecule has 2 heterocycles. The van der Waals surface area contributed by atoms with Crippen molar-refractivity contribution < 1.29 is 14.6 Å². The highest BCUT2D eigenvalue weighted by atomic mass is 16.5. The van der Waals surface area contributed by atoms with Crippen LogP contribution in [0.15, 0.2) is 71.5 Å². The number of aromatic nitrogens is 2. The second-order valence-electron chi connectivity index (χ2n) is 11.8. The van der Waals surface area contributed by atoms with Crippen molar-refractivity contribution in [2.75, 3.05) is 0 Å². The molecule has 5 rings (SSSR count). The van der Waals surface area contributed by atoms with Crippen molar-refractivity contribution >= 4 is 19.5 Å². The van der Waals surface area contributed by atoms with Crippen LogP contribution in [0.4, 0.5) is 4.79 Å². The van der Waals surface area contributed by atoms with Crippen LogP contribution in [0.3, 0.4) is 0 Å². The lowest BCUT2D eigenvalue weighted by Crippen LogP contribution is -2.35. The number of aliphatic hydroxyl groups is 1. The van der Waals surface area contributed by atoms with Crippen molar-refractivity contribution in [3.63, 3.8) is 0 Å². The van der Waals surface area contributed by atoms with E-state index in [4.69, 9.17) is 15.1 Å². The summed E-state index contributed by atoms with van der Waals surface area (Å²) in [6.07, 6.45) is 1.74. The van der Waals surface area contributed by atoms with Gasteiger partial charge in [0.1, 0.15) is 23.0 Å². The molecular formula is C34H37BN4O4. The van der Waals surface area contributed by atoms with Crippen molar-refractivity contribution in [2.45, 2.75) is 65.1 Å². The minimum atomic E-state index is -0.688. The number of carbonyl (C=O) groups excluding carboxylic acids is 1. The van der Waals surface area contributed by atoms with Gasteiger partial charge in [0.25, 0.3) is 5.56 Å². The highest BCUT2D eigenvalue weighted by molar-refractivity contribution is 6.58. The molecule has 0 saturated carbocycles. The van der Waals surface area contributed by atoms with Crippen LogP contribution in [0, 0.1) is 12.3 Å². The van der Waals surface area contributed by atoms with E-state index in [1.807, 2.05) is 87.5 Å². The van der Waals surface area contributed by atoms with Gasteiger partial charge in [-0.3, -0.25) is 19.6 Å². The van der Waals surface area contributed by atoms with E-state index in [1.165, 1.54) is 7.85 Å². The highest BCUT2D eigenvalue weighted by Gasteiger charge is 2.33. The number of ether oxygens (including phenoxy) is 1. The largest absolute Gasteiger partial charge is 0.487 e. The van der Waals surface area contributed by atoms with Gasteiger partial charge in [-0.25, -0.2) is 4.98 Å². The van der Waals surface area contributed by atoms with Crippen LogP contribution in [0.5, 0.6) is 5.75 Å². The van der Waals surface area contributed by atoms with Crippen LogP contribution in [-0.4, -0.2) is 39.7 Å². The van der Waals surface area contributed by atoms with E-state index in [0.29, 0.717) is 53.2 Å². The number of amides is 1. The first-order chi connectivity index (χ1) is 20.5. The Balaban J connectivity index is 1.50. The maximum Gasteiger partial charge on any atom is 0.261 e. The number of rotatable bonds is 7. The first kappa shape index (κ1) is 30.0. The predicted molar refractivity (Wildman–Crippen MR) is 171 cm³/mol. The van der Waals surface area contributed by atoms with Gasteiger partial charge < -0.3 is 15.2 Å². The van der Waals surface area contributed by atoms with Crippen molar-refractivity contribution in [2.24, 2.45) is 0 Å². The molecule has 43 heavy (non-hydrogen) atoms. The summed E-state index contributed by atoms with van der Waals surface area (Å²) in [6.45, 7) is 7.81. The summed E-state index contributed by atoms with van der Waals surface area (Å²) in [7, 11) is 1.39. The summed E-state index contributed by atoms with van der Waals surface area (Å²) in [4.78, 5) is 30.5. The van der Waals surface area contributed by atoms with Crippen LogP contribution >= 0.6 is 0 Å². The van der Waals surface area contributed by atoms with E-state index in [9.17, 15) is 14.7 Å². The Morgan fingerprint density at radius 3 is 2.58 bits per heavy atom. The maximum atomic E-state index is 14.1. The average Bonchev–Trinajstić information content (AvgIpc) is 2.95. The highest BCUT2D eigenvalue weighted by Crippen LogP contribution is 2.40. The lowest BCUT2D eigenvalue weighted by Gasteiger charge is -2.35. The third kappa shape index (κ3) is 6.32. The number of benzene rings is 3. The predicted octanol–water partition coefficient (Wildman–Crippen LogP) is 5.01. The minimum absolute atomic E-state index is 0.0487. The molecule has 3 aromatic carbocycles. The van der Waals surface area contributed by atoms with Crippen LogP contribution in [0.2, 0.25) is 0 Å². The van der Waals surface area contributed by atoms with Crippen LogP contribution in [0.1, 0.15) is 73.5 Å². The molecule has 220 valence electrons. The Kier molecular flexibility index (Phi) is 8.37. The number of aliphatic hydroxyl groups excluding tert-OH is 1. The monoisotopic (exact) mass is 576 g/mol. The number of amidine groups is 1. The van der Waals surface area contributed by atoms with Gasteiger partial charge in [0.15, 0.2) is 5.81 Å². The molecule has 0 spiro atoms. The molecular weight excluding hydrogens is 539 g/mol. The molecule has 0 fully saturated rings. The fourth-order valence-electron chi connectivity index (χ4n) is 5.79. The molecule has 0 bridgehead atoms. The molecule has 8 nitrogen and oxygen atoms in total. The van der Waals surface area contributed by atoms with E-state index in [-0.39, 0.29) is 17.2 Å². The fourth-order valence-corrected chi connectivity index (χ4v) is 5.79. The number of hydrogen-bond donors (Lipinski definition) is 3. The lowest BCUT2D eigenvalue weighted by atomic mass is 9.91. The normalized spacial score (nSPS) is 15.3. The Labute approximate surface area is 252 Å². The van der Waals surface area contributed by atoms with Gasteiger partial charge in [-0.05, 0) is 62.1 Å². The fraction of sp³-hybridized carbons (Fsp3) is 0.294. The SMILES string of the molecule is BC(=O)NC(=N)c1ccccc1-c1ccc(Cc2c(CCC)nc(C)n(-c3ccc4c(c3)C(O)CC(C)(C)O4)c2=O)cc1. The van der Waals surface area contributed by atoms with Crippen molar-refractivity contribution in [3.8, 4) is 22.6 Å². The van der Waals surface area contributed by atoms with Crippen LogP contribution in [0.25, 0.3) is 16.8 Å². The van der Waals surface area contributed by atoms with E-state index < -0.39 is 11.7 Å². The number of carbonyl (C=O) groups is 1. The van der Waals surface area contributed by atoms with E-state index in [0.717, 1.165) is 28.8 Å². The van der Waals surface area contributed by atoms with E-state index in [2.05, 4.69) is 12.2 Å². The molecule has 0 radical (unpaired) electrons. The van der Waals surface area contributed by atoms with Crippen molar-refractivity contribution in [1.29, 1.82) is 5.41 Å². The standard InChI is InChI=1S/C34H37BN4O4/c1-5-8-28-26(17-21-11-13-22(14-12-21)24-9-6-7-10-25(24)31(36)38-33(35)42)32(41)39(20(2)37-28)23-15-16-30-27(18-23)29(40)19-34(3,4)43-30/h6-7,9-16,18,29,40H,5,8,17,19,35H2,1-4H3,(H2,36,38,42). The maximum absolute atomic E-state index is 14.1. The summed E-state index contributed by atoms with van der Waals surface area (Å²) >= 11 is 0. The zero-order chi connectivity index (χ0) is 30.9. The zero-order valence-electron chi connectivity index (χ0n) is 25.3. The third-order valence-electron chi connectivity index (χ3n) is 7.74. The van der Waals surface area contributed by atoms with Crippen LogP contribution < -0.4 is 15.6 Å². The summed E-state index contributed by atoms with van der Waals surface area (Å²) in [6, 6.07) is 20.9. The molecule has 4 aromatic rings. The van der Waals surface area contributed by atoms with E-state index >= 15 is 0 Å². The minimum Gasteiger partial charge on any atom is -0.487 e.